The molecule has 3 aromatic heterocycles. The molecule has 0 saturated carbocycles. The average molecular weight is 385 g/mol. The Bertz CT molecular complexity index is 1200. The van der Waals surface area contributed by atoms with Crippen molar-refractivity contribution in [1.82, 2.24) is 24.5 Å². The van der Waals surface area contributed by atoms with E-state index in [1.807, 2.05) is 42.6 Å². The van der Waals surface area contributed by atoms with Crippen LogP contribution >= 0.6 is 0 Å². The van der Waals surface area contributed by atoms with Gasteiger partial charge in [0.2, 0.25) is 0 Å². The van der Waals surface area contributed by atoms with Crippen LogP contribution in [0.2, 0.25) is 0 Å². The zero-order chi connectivity index (χ0) is 19.8. The van der Waals surface area contributed by atoms with Crippen molar-refractivity contribution in [1.29, 1.82) is 0 Å². The van der Waals surface area contributed by atoms with Gasteiger partial charge in [-0.1, -0.05) is 12.1 Å². The Morgan fingerprint density at radius 3 is 2.83 bits per heavy atom. The summed E-state index contributed by atoms with van der Waals surface area (Å²) in [6.45, 7) is 1.03. The van der Waals surface area contributed by atoms with Gasteiger partial charge in [-0.25, -0.2) is 14.5 Å². The minimum Gasteiger partial charge on any atom is -0.497 e. The van der Waals surface area contributed by atoms with E-state index in [2.05, 4.69) is 10.1 Å². The van der Waals surface area contributed by atoms with Crippen molar-refractivity contribution in [3.63, 3.8) is 0 Å². The number of nitrogens with zero attached hydrogens (tertiary/aromatic N) is 5. The zero-order valence-corrected chi connectivity index (χ0v) is 15.9. The largest absolute Gasteiger partial charge is 0.497 e. The molecule has 0 saturated heterocycles. The monoisotopic (exact) mass is 385 g/mol. The lowest BCUT2D eigenvalue weighted by molar-refractivity contribution is 0.0750. The maximum Gasteiger partial charge on any atom is 0.254 e. The van der Waals surface area contributed by atoms with Crippen LogP contribution in [0.4, 0.5) is 0 Å². The number of carbonyl (C=O) groups is 1. The van der Waals surface area contributed by atoms with Gasteiger partial charge in [0.1, 0.15) is 11.6 Å². The molecule has 1 aliphatic rings. The van der Waals surface area contributed by atoms with Gasteiger partial charge in [-0.2, -0.15) is 5.10 Å². The van der Waals surface area contributed by atoms with Gasteiger partial charge in [-0.15, -0.1) is 0 Å². The van der Waals surface area contributed by atoms with Gasteiger partial charge in [0, 0.05) is 42.7 Å². The molecule has 144 valence electrons. The van der Waals surface area contributed by atoms with E-state index in [4.69, 9.17) is 9.72 Å². The van der Waals surface area contributed by atoms with E-state index < -0.39 is 0 Å². The average Bonchev–Trinajstić information content (AvgIpc) is 3.39. The van der Waals surface area contributed by atoms with Crippen LogP contribution < -0.4 is 4.74 Å². The van der Waals surface area contributed by atoms with Crippen LogP contribution in [0.1, 0.15) is 33.0 Å². The Kier molecular flexibility index (Phi) is 4.20. The van der Waals surface area contributed by atoms with Crippen molar-refractivity contribution >= 4 is 11.4 Å². The smallest absolute Gasteiger partial charge is 0.254 e. The number of hydrogen-bond donors (Lipinski definition) is 0. The van der Waals surface area contributed by atoms with Crippen LogP contribution in [-0.4, -0.2) is 37.5 Å². The molecule has 29 heavy (non-hydrogen) atoms. The van der Waals surface area contributed by atoms with Crippen LogP contribution in [0.5, 0.6) is 5.75 Å². The first kappa shape index (κ1) is 17.4. The molecule has 0 radical (unpaired) electrons. The summed E-state index contributed by atoms with van der Waals surface area (Å²) in [7, 11) is 1.65. The molecule has 1 aromatic carbocycles. The molecule has 0 N–H and O–H groups in total. The molecule has 5 rings (SSSR count). The Hall–Kier alpha value is -3.74. The first-order valence-electron chi connectivity index (χ1n) is 9.39. The van der Waals surface area contributed by atoms with Gasteiger partial charge < -0.3 is 9.64 Å². The number of methoxy groups -OCH3 is 1. The van der Waals surface area contributed by atoms with E-state index in [1.54, 1.807) is 35.0 Å². The van der Waals surface area contributed by atoms with Crippen LogP contribution in [0.3, 0.4) is 0 Å². The molecule has 0 fully saturated rings. The number of ether oxygens (including phenoxy) is 1. The summed E-state index contributed by atoms with van der Waals surface area (Å²) >= 11 is 0. The number of benzene rings is 1. The maximum absolute atomic E-state index is 13.0. The van der Waals surface area contributed by atoms with E-state index in [0.29, 0.717) is 25.1 Å². The standard InChI is InChI=1S/C22H19N5O2/c1-29-19-4-2-15(3-5-19)10-21-23-12-17-13-26(14-20(17)25-21)22(28)16-7-9-27-18(11-16)6-8-24-27/h2-9,11-12H,10,13-14H2,1H3. The van der Waals surface area contributed by atoms with Crippen molar-refractivity contribution in [2.45, 2.75) is 19.5 Å². The minimum atomic E-state index is -0.0107. The van der Waals surface area contributed by atoms with Crippen molar-refractivity contribution in [3.05, 3.63) is 89.3 Å². The van der Waals surface area contributed by atoms with Crippen LogP contribution in [0, 0.1) is 0 Å². The molecule has 4 heterocycles. The Morgan fingerprint density at radius 2 is 2.00 bits per heavy atom. The first-order chi connectivity index (χ1) is 14.2. The van der Waals surface area contributed by atoms with E-state index in [9.17, 15) is 4.79 Å². The molecular formula is C22H19N5O2. The molecule has 0 unspecified atom stereocenters. The second-order valence-electron chi connectivity index (χ2n) is 7.06. The van der Waals surface area contributed by atoms with Crippen LogP contribution in [0.25, 0.3) is 5.52 Å². The van der Waals surface area contributed by atoms with Crippen molar-refractivity contribution < 1.29 is 9.53 Å². The van der Waals surface area contributed by atoms with Crippen molar-refractivity contribution in [3.8, 4) is 5.75 Å². The lowest BCUT2D eigenvalue weighted by Gasteiger charge is -2.15. The summed E-state index contributed by atoms with van der Waals surface area (Å²) in [5.74, 6) is 1.57. The number of pyridine rings is 1. The van der Waals surface area contributed by atoms with E-state index in [0.717, 1.165) is 33.9 Å². The van der Waals surface area contributed by atoms with Crippen LogP contribution in [-0.2, 0) is 19.5 Å². The van der Waals surface area contributed by atoms with Crippen molar-refractivity contribution in [2.24, 2.45) is 0 Å². The molecule has 0 spiro atoms. The van der Waals surface area contributed by atoms with E-state index in [-0.39, 0.29) is 5.91 Å². The second-order valence-corrected chi connectivity index (χ2v) is 7.06. The lowest BCUT2D eigenvalue weighted by atomic mass is 10.1. The first-order valence-corrected chi connectivity index (χ1v) is 9.39. The highest BCUT2D eigenvalue weighted by Crippen LogP contribution is 2.23. The van der Waals surface area contributed by atoms with E-state index in [1.165, 1.54) is 0 Å². The summed E-state index contributed by atoms with van der Waals surface area (Å²) in [6.07, 6.45) is 6.01. The van der Waals surface area contributed by atoms with E-state index >= 15 is 0 Å². The fourth-order valence-electron chi connectivity index (χ4n) is 3.59. The molecular weight excluding hydrogens is 366 g/mol. The van der Waals surface area contributed by atoms with Gasteiger partial charge in [-0.3, -0.25) is 4.79 Å². The number of carbonyl (C=O) groups excluding carboxylic acids is 1. The third kappa shape index (κ3) is 3.31. The van der Waals surface area contributed by atoms with Crippen LogP contribution in [0.15, 0.2) is 61.1 Å². The Labute approximate surface area is 167 Å². The Balaban J connectivity index is 1.32. The third-order valence-electron chi connectivity index (χ3n) is 5.16. The molecule has 0 atom stereocenters. The Morgan fingerprint density at radius 1 is 1.14 bits per heavy atom. The maximum atomic E-state index is 13.0. The zero-order valence-electron chi connectivity index (χ0n) is 15.9. The molecule has 1 amide bonds. The SMILES string of the molecule is COc1ccc(Cc2ncc3c(n2)CN(C(=O)c2ccn4nccc4c2)C3)cc1. The summed E-state index contributed by atoms with van der Waals surface area (Å²) in [4.78, 5) is 24.0. The number of hydrogen-bond acceptors (Lipinski definition) is 5. The molecule has 0 aliphatic carbocycles. The fourth-order valence-corrected chi connectivity index (χ4v) is 3.59. The minimum absolute atomic E-state index is 0.0107. The van der Waals surface area contributed by atoms with Gasteiger partial charge in [-0.05, 0) is 35.9 Å². The van der Waals surface area contributed by atoms with Gasteiger partial charge in [0.25, 0.3) is 5.91 Å². The number of fused-ring (bicyclic) bond motifs is 2. The highest BCUT2D eigenvalue weighted by atomic mass is 16.5. The summed E-state index contributed by atoms with van der Waals surface area (Å²) in [6, 6.07) is 13.4. The lowest BCUT2D eigenvalue weighted by Crippen LogP contribution is -2.25. The fraction of sp³-hybridized carbons (Fsp3) is 0.182. The quantitative estimate of drug-likeness (QED) is 0.540. The number of aromatic nitrogens is 4. The number of amides is 1. The molecule has 0 bridgehead atoms. The number of rotatable bonds is 4. The second kappa shape index (κ2) is 7.01. The summed E-state index contributed by atoms with van der Waals surface area (Å²) < 4.78 is 6.94. The van der Waals surface area contributed by atoms with Gasteiger partial charge in [0.15, 0.2) is 0 Å². The van der Waals surface area contributed by atoms with Crippen molar-refractivity contribution in [2.75, 3.05) is 7.11 Å². The topological polar surface area (TPSA) is 72.6 Å². The highest BCUT2D eigenvalue weighted by molar-refractivity contribution is 5.95. The molecule has 7 nitrogen and oxygen atoms in total. The van der Waals surface area contributed by atoms with Gasteiger partial charge in [0.05, 0.1) is 24.9 Å². The van der Waals surface area contributed by atoms with Gasteiger partial charge >= 0.3 is 0 Å². The molecule has 7 heteroatoms. The highest BCUT2D eigenvalue weighted by Gasteiger charge is 2.26. The summed E-state index contributed by atoms with van der Waals surface area (Å²) in [5, 5.41) is 4.17. The molecule has 1 aliphatic heterocycles. The normalized spacial score (nSPS) is 12.9. The molecule has 4 aromatic rings. The predicted octanol–water partition coefficient (Wildman–Crippen LogP) is 2.88. The predicted molar refractivity (Wildman–Crippen MR) is 107 cm³/mol. The summed E-state index contributed by atoms with van der Waals surface area (Å²) in [5.41, 5.74) is 4.58. The third-order valence-corrected chi connectivity index (χ3v) is 5.16.